The quantitative estimate of drug-likeness (QED) is 0.767. The minimum absolute atomic E-state index is 0.0811. The Morgan fingerprint density at radius 3 is 2.53 bits per heavy atom. The Morgan fingerprint density at radius 1 is 1.32 bits per heavy atom. The van der Waals surface area contributed by atoms with E-state index in [1.54, 1.807) is 4.90 Å². The van der Waals surface area contributed by atoms with Crippen molar-refractivity contribution in [3.8, 4) is 0 Å². The lowest BCUT2D eigenvalue weighted by molar-refractivity contribution is -0.146. The summed E-state index contributed by atoms with van der Waals surface area (Å²) in [5, 5.41) is 0. The predicted molar refractivity (Wildman–Crippen MR) is 73.0 cm³/mol. The second-order valence-corrected chi connectivity index (χ2v) is 5.00. The Morgan fingerprint density at radius 2 is 1.95 bits per heavy atom. The Labute approximate surface area is 113 Å². The molecule has 0 radical (unpaired) electrons. The van der Waals surface area contributed by atoms with Gasteiger partial charge in [-0.25, -0.2) is 0 Å². The van der Waals surface area contributed by atoms with Crippen molar-refractivity contribution in [2.24, 2.45) is 5.92 Å². The minimum atomic E-state index is -0.233. The van der Waals surface area contributed by atoms with Crippen LogP contribution in [0.3, 0.4) is 0 Å². The van der Waals surface area contributed by atoms with Gasteiger partial charge >= 0.3 is 5.97 Å². The molecule has 19 heavy (non-hydrogen) atoms. The number of anilines is 1. The summed E-state index contributed by atoms with van der Waals surface area (Å²) in [6.45, 7) is 4.38. The molecule has 1 aliphatic rings. The van der Waals surface area contributed by atoms with Gasteiger partial charge in [0.1, 0.15) is 0 Å². The van der Waals surface area contributed by atoms with Gasteiger partial charge in [0.25, 0.3) is 0 Å². The molecule has 102 valence electrons. The van der Waals surface area contributed by atoms with Crippen LogP contribution in [0, 0.1) is 19.8 Å². The third-order valence-corrected chi connectivity index (χ3v) is 3.65. The first kappa shape index (κ1) is 13.6. The highest BCUT2D eigenvalue weighted by Gasteiger charge is 2.32. The fourth-order valence-electron chi connectivity index (χ4n) is 2.65. The molecule has 1 atom stereocenters. The summed E-state index contributed by atoms with van der Waals surface area (Å²) >= 11 is 0. The van der Waals surface area contributed by atoms with Crippen molar-refractivity contribution in [1.82, 2.24) is 0 Å². The van der Waals surface area contributed by atoms with E-state index in [0.717, 1.165) is 16.8 Å². The third-order valence-electron chi connectivity index (χ3n) is 3.65. The monoisotopic (exact) mass is 261 g/mol. The third kappa shape index (κ3) is 2.62. The van der Waals surface area contributed by atoms with Gasteiger partial charge in [0, 0.05) is 18.7 Å². The van der Waals surface area contributed by atoms with Gasteiger partial charge in [0.2, 0.25) is 5.91 Å². The van der Waals surface area contributed by atoms with Crippen molar-refractivity contribution in [2.45, 2.75) is 26.7 Å². The first-order chi connectivity index (χ1) is 9.04. The SMILES string of the molecule is COC(=O)C1CCC(=O)N(c2c(C)cccc2C)C1. The lowest BCUT2D eigenvalue weighted by Gasteiger charge is -2.33. The Bertz CT molecular complexity index is 490. The molecular weight excluding hydrogens is 242 g/mol. The largest absolute Gasteiger partial charge is 0.469 e. The standard InChI is InChI=1S/C15H19NO3/c1-10-5-4-6-11(2)14(10)16-9-12(15(18)19-3)7-8-13(16)17/h4-6,12H,7-9H2,1-3H3. The van der Waals surface area contributed by atoms with Crippen molar-refractivity contribution >= 4 is 17.6 Å². The molecule has 1 fully saturated rings. The van der Waals surface area contributed by atoms with E-state index in [2.05, 4.69) is 0 Å². The van der Waals surface area contributed by atoms with E-state index in [9.17, 15) is 9.59 Å². The number of hydrogen-bond donors (Lipinski definition) is 0. The fraction of sp³-hybridized carbons (Fsp3) is 0.467. The van der Waals surface area contributed by atoms with Crippen LogP contribution >= 0.6 is 0 Å². The Hall–Kier alpha value is -1.84. The van der Waals surface area contributed by atoms with Crippen molar-refractivity contribution in [1.29, 1.82) is 0 Å². The number of benzene rings is 1. The topological polar surface area (TPSA) is 46.6 Å². The van der Waals surface area contributed by atoms with Crippen LogP contribution in [0.4, 0.5) is 5.69 Å². The number of methoxy groups -OCH3 is 1. The zero-order chi connectivity index (χ0) is 14.0. The number of carbonyl (C=O) groups is 2. The molecule has 1 amide bonds. The summed E-state index contributed by atoms with van der Waals surface area (Å²) in [6.07, 6.45) is 0.973. The number of piperidine rings is 1. The van der Waals surface area contributed by atoms with E-state index >= 15 is 0 Å². The van der Waals surface area contributed by atoms with Gasteiger partial charge in [-0.05, 0) is 31.4 Å². The van der Waals surface area contributed by atoms with E-state index in [-0.39, 0.29) is 17.8 Å². The van der Waals surface area contributed by atoms with Gasteiger partial charge in [-0.2, -0.15) is 0 Å². The molecule has 1 unspecified atom stereocenters. The molecule has 4 heteroatoms. The molecule has 0 N–H and O–H groups in total. The molecule has 1 aromatic rings. The number of nitrogens with zero attached hydrogens (tertiary/aromatic N) is 1. The molecule has 1 heterocycles. The zero-order valence-corrected chi connectivity index (χ0v) is 11.6. The molecule has 0 aliphatic carbocycles. The van der Waals surface area contributed by atoms with Gasteiger partial charge in [0.15, 0.2) is 0 Å². The zero-order valence-electron chi connectivity index (χ0n) is 11.6. The van der Waals surface area contributed by atoms with Crippen LogP contribution in [0.15, 0.2) is 18.2 Å². The minimum Gasteiger partial charge on any atom is -0.469 e. The molecule has 1 aromatic carbocycles. The second-order valence-electron chi connectivity index (χ2n) is 5.00. The van der Waals surface area contributed by atoms with Crippen molar-refractivity contribution in [3.05, 3.63) is 29.3 Å². The van der Waals surface area contributed by atoms with Crippen LogP contribution in [0.5, 0.6) is 0 Å². The molecule has 1 saturated heterocycles. The summed E-state index contributed by atoms with van der Waals surface area (Å²) in [4.78, 5) is 25.5. The first-order valence-corrected chi connectivity index (χ1v) is 6.49. The normalized spacial score (nSPS) is 19.4. The van der Waals surface area contributed by atoms with Crippen molar-refractivity contribution in [3.63, 3.8) is 0 Å². The van der Waals surface area contributed by atoms with Gasteiger partial charge < -0.3 is 9.64 Å². The average molecular weight is 261 g/mol. The average Bonchev–Trinajstić information content (AvgIpc) is 2.39. The predicted octanol–water partition coefficient (Wildman–Crippen LogP) is 2.22. The van der Waals surface area contributed by atoms with Crippen LogP contribution < -0.4 is 4.90 Å². The van der Waals surface area contributed by atoms with Crippen LogP contribution in [-0.2, 0) is 14.3 Å². The number of amides is 1. The highest BCUT2D eigenvalue weighted by atomic mass is 16.5. The smallest absolute Gasteiger partial charge is 0.310 e. The molecule has 4 nitrogen and oxygen atoms in total. The summed E-state index contributed by atoms with van der Waals surface area (Å²) < 4.78 is 4.79. The van der Waals surface area contributed by atoms with Gasteiger partial charge in [-0.15, -0.1) is 0 Å². The highest BCUT2D eigenvalue weighted by molar-refractivity contribution is 5.97. The molecule has 2 rings (SSSR count). The summed E-state index contributed by atoms with van der Waals surface area (Å²) in [7, 11) is 1.39. The maximum absolute atomic E-state index is 12.1. The number of rotatable bonds is 2. The Kier molecular flexibility index (Phi) is 3.88. The number of esters is 1. The molecule has 1 aliphatic heterocycles. The molecule has 0 spiro atoms. The Balaban J connectivity index is 2.31. The summed E-state index contributed by atoms with van der Waals surface area (Å²) in [5.74, 6) is -0.372. The maximum Gasteiger partial charge on any atom is 0.310 e. The number of hydrogen-bond acceptors (Lipinski definition) is 3. The first-order valence-electron chi connectivity index (χ1n) is 6.49. The second kappa shape index (κ2) is 5.43. The van der Waals surface area contributed by atoms with E-state index in [1.165, 1.54) is 7.11 Å². The summed E-state index contributed by atoms with van der Waals surface area (Å²) in [5.41, 5.74) is 3.04. The lowest BCUT2D eigenvalue weighted by atomic mass is 9.95. The molecule has 0 aromatic heterocycles. The summed E-state index contributed by atoms with van der Waals surface area (Å²) in [6, 6.07) is 5.94. The molecule has 0 saturated carbocycles. The molecule has 0 bridgehead atoms. The van der Waals surface area contributed by atoms with Crippen LogP contribution in [0.2, 0.25) is 0 Å². The van der Waals surface area contributed by atoms with Crippen molar-refractivity contribution < 1.29 is 14.3 Å². The number of ether oxygens (including phenoxy) is 1. The van der Waals surface area contributed by atoms with Crippen LogP contribution in [0.1, 0.15) is 24.0 Å². The van der Waals surface area contributed by atoms with Crippen LogP contribution in [0.25, 0.3) is 0 Å². The fourth-order valence-corrected chi connectivity index (χ4v) is 2.65. The van der Waals surface area contributed by atoms with E-state index in [1.807, 2.05) is 32.0 Å². The van der Waals surface area contributed by atoms with Gasteiger partial charge in [0.05, 0.1) is 13.0 Å². The number of carbonyl (C=O) groups excluding carboxylic acids is 2. The van der Waals surface area contributed by atoms with Gasteiger partial charge in [-0.3, -0.25) is 9.59 Å². The van der Waals surface area contributed by atoms with E-state index in [4.69, 9.17) is 4.74 Å². The number of aryl methyl sites for hydroxylation is 2. The van der Waals surface area contributed by atoms with E-state index < -0.39 is 0 Å². The van der Waals surface area contributed by atoms with Gasteiger partial charge in [-0.1, -0.05) is 18.2 Å². The van der Waals surface area contributed by atoms with E-state index in [0.29, 0.717) is 19.4 Å². The highest BCUT2D eigenvalue weighted by Crippen LogP contribution is 2.30. The van der Waals surface area contributed by atoms with Crippen molar-refractivity contribution in [2.75, 3.05) is 18.6 Å². The lowest BCUT2D eigenvalue weighted by Crippen LogP contribution is -2.43. The number of para-hydroxylation sites is 1. The maximum atomic E-state index is 12.1. The van der Waals surface area contributed by atoms with Crippen LogP contribution in [-0.4, -0.2) is 25.5 Å². The molecular formula is C15H19NO3.